The van der Waals surface area contributed by atoms with E-state index < -0.39 is 10.3 Å². The Balaban J connectivity index is 1.79. The van der Waals surface area contributed by atoms with Gasteiger partial charge >= 0.3 is 5.69 Å². The van der Waals surface area contributed by atoms with Gasteiger partial charge in [0, 0.05) is 24.0 Å². The molecule has 0 atom stereocenters. The molecule has 2 aromatic carbocycles. The quantitative estimate of drug-likeness (QED) is 0.471. The Bertz CT molecular complexity index is 1170. The highest BCUT2D eigenvalue weighted by atomic mass is 16.6. The minimum Gasteiger partial charge on any atom is -0.322 e. The summed E-state index contributed by atoms with van der Waals surface area (Å²) in [7, 11) is 1.72. The summed E-state index contributed by atoms with van der Waals surface area (Å²) in [5.74, 6) is -0.0255. The molecule has 0 aliphatic carbocycles. The number of carbonyl (C=O) groups is 1. The minimum atomic E-state index is -0.705. The summed E-state index contributed by atoms with van der Waals surface area (Å²) in [6, 6.07) is 16.3. The van der Waals surface area contributed by atoms with E-state index >= 15 is 0 Å². The fourth-order valence-corrected chi connectivity index (χ4v) is 2.81. The molecule has 9 nitrogen and oxygen atoms in total. The highest BCUT2D eigenvalue weighted by Gasteiger charge is 2.21. The highest BCUT2D eigenvalue weighted by molar-refractivity contribution is 6.04. The first-order chi connectivity index (χ1) is 14.7. The Kier molecular flexibility index (Phi) is 5.93. The first-order valence-electron chi connectivity index (χ1n) is 9.34. The second kappa shape index (κ2) is 8.59. The molecule has 0 bridgehead atoms. The van der Waals surface area contributed by atoms with Gasteiger partial charge in [0.15, 0.2) is 0 Å². The van der Waals surface area contributed by atoms with Crippen molar-refractivity contribution in [1.29, 1.82) is 5.26 Å². The third-order valence-electron chi connectivity index (χ3n) is 4.75. The fraction of sp³-hybridized carbons (Fsp3) is 0.182. The van der Waals surface area contributed by atoms with Crippen LogP contribution >= 0.6 is 0 Å². The number of nitrogens with one attached hydrogen (secondary N) is 1. The van der Waals surface area contributed by atoms with Crippen LogP contribution in [-0.4, -0.2) is 27.8 Å². The SMILES string of the molecule is CN(c1cccc(NC(=O)c2cccc(C(C)(C)C#N)c2)c1)c1ncc([N+](=O)[O-])cn1. The summed E-state index contributed by atoms with van der Waals surface area (Å²) in [5, 5.41) is 22.9. The monoisotopic (exact) mass is 416 g/mol. The molecule has 0 aliphatic heterocycles. The number of carbonyl (C=O) groups excluding carboxylic acids is 1. The van der Waals surface area contributed by atoms with E-state index in [9.17, 15) is 20.2 Å². The Hall–Kier alpha value is -4.32. The van der Waals surface area contributed by atoms with Crippen LogP contribution in [0.3, 0.4) is 0 Å². The lowest BCUT2D eigenvalue weighted by Gasteiger charge is -2.18. The van der Waals surface area contributed by atoms with Crippen molar-refractivity contribution < 1.29 is 9.72 Å². The molecule has 156 valence electrons. The summed E-state index contributed by atoms with van der Waals surface area (Å²) in [4.78, 5) is 32.6. The van der Waals surface area contributed by atoms with Crippen molar-refractivity contribution in [1.82, 2.24) is 9.97 Å². The van der Waals surface area contributed by atoms with Gasteiger partial charge in [-0.05, 0) is 49.7 Å². The van der Waals surface area contributed by atoms with E-state index in [1.807, 2.05) is 6.07 Å². The lowest BCUT2D eigenvalue weighted by atomic mass is 9.85. The maximum Gasteiger partial charge on any atom is 0.305 e. The molecule has 0 fully saturated rings. The second-order valence-corrected chi connectivity index (χ2v) is 7.38. The predicted octanol–water partition coefficient (Wildman–Crippen LogP) is 4.21. The van der Waals surface area contributed by atoms with E-state index in [1.54, 1.807) is 68.3 Å². The summed E-state index contributed by atoms with van der Waals surface area (Å²) < 4.78 is 0. The van der Waals surface area contributed by atoms with Crippen molar-refractivity contribution in [3.63, 3.8) is 0 Å². The topological polar surface area (TPSA) is 125 Å². The van der Waals surface area contributed by atoms with Gasteiger partial charge in [-0.25, -0.2) is 9.97 Å². The molecule has 3 aromatic rings. The standard InChI is InChI=1S/C22H20N6O3/c1-22(2,14-23)16-7-4-6-15(10-16)20(29)26-17-8-5-9-18(11-17)27(3)21-24-12-19(13-25-21)28(30)31/h4-13H,1-3H3,(H,26,29). The first kappa shape index (κ1) is 21.4. The van der Waals surface area contributed by atoms with Crippen LogP contribution in [0.15, 0.2) is 60.9 Å². The average molecular weight is 416 g/mol. The highest BCUT2D eigenvalue weighted by Crippen LogP contribution is 2.26. The third kappa shape index (κ3) is 4.82. The minimum absolute atomic E-state index is 0.194. The Labute approximate surface area is 179 Å². The lowest BCUT2D eigenvalue weighted by molar-refractivity contribution is -0.385. The molecular formula is C22H20N6O3. The van der Waals surface area contributed by atoms with Crippen molar-refractivity contribution in [2.24, 2.45) is 0 Å². The summed E-state index contributed by atoms with van der Waals surface area (Å²) in [5.41, 5.74) is 1.54. The molecule has 1 aromatic heterocycles. The Morgan fingerprint density at radius 1 is 1.16 bits per heavy atom. The Morgan fingerprint density at radius 2 is 1.84 bits per heavy atom. The lowest BCUT2D eigenvalue weighted by Crippen LogP contribution is -2.17. The van der Waals surface area contributed by atoms with E-state index in [0.29, 0.717) is 16.9 Å². The fourth-order valence-electron chi connectivity index (χ4n) is 2.81. The number of nitriles is 1. The van der Waals surface area contributed by atoms with Crippen LogP contribution in [0.25, 0.3) is 0 Å². The van der Waals surface area contributed by atoms with Gasteiger partial charge in [0.25, 0.3) is 5.91 Å². The van der Waals surface area contributed by atoms with Crippen molar-refractivity contribution >= 4 is 28.9 Å². The van der Waals surface area contributed by atoms with Crippen LogP contribution < -0.4 is 10.2 Å². The van der Waals surface area contributed by atoms with Gasteiger partial charge in [-0.15, -0.1) is 0 Å². The summed E-state index contributed by atoms with van der Waals surface area (Å²) in [6.45, 7) is 3.59. The molecule has 0 unspecified atom stereocenters. The number of benzene rings is 2. The molecule has 1 heterocycles. The molecule has 0 saturated carbocycles. The van der Waals surface area contributed by atoms with Gasteiger partial charge in [0.2, 0.25) is 5.95 Å². The molecular weight excluding hydrogens is 396 g/mol. The van der Waals surface area contributed by atoms with Crippen LogP contribution in [-0.2, 0) is 5.41 Å². The zero-order valence-electron chi connectivity index (χ0n) is 17.2. The summed E-state index contributed by atoms with van der Waals surface area (Å²) in [6.07, 6.45) is 2.28. The first-order valence-corrected chi connectivity index (χ1v) is 9.34. The summed E-state index contributed by atoms with van der Waals surface area (Å²) >= 11 is 0. The molecule has 0 radical (unpaired) electrons. The predicted molar refractivity (Wildman–Crippen MR) is 116 cm³/mol. The zero-order chi connectivity index (χ0) is 22.6. The molecule has 31 heavy (non-hydrogen) atoms. The van der Waals surface area contributed by atoms with Crippen molar-refractivity contribution in [2.75, 3.05) is 17.3 Å². The number of nitrogens with zero attached hydrogens (tertiary/aromatic N) is 5. The van der Waals surface area contributed by atoms with E-state index in [1.165, 1.54) is 0 Å². The van der Waals surface area contributed by atoms with E-state index in [4.69, 9.17) is 0 Å². The number of nitro groups is 1. The molecule has 0 saturated heterocycles. The van der Waals surface area contributed by atoms with Crippen LogP contribution in [0.2, 0.25) is 0 Å². The molecule has 1 N–H and O–H groups in total. The van der Waals surface area contributed by atoms with Crippen molar-refractivity contribution in [3.8, 4) is 6.07 Å². The van der Waals surface area contributed by atoms with Gasteiger partial charge in [0.1, 0.15) is 12.4 Å². The number of hydrogen-bond acceptors (Lipinski definition) is 7. The van der Waals surface area contributed by atoms with E-state index in [0.717, 1.165) is 18.0 Å². The molecule has 9 heteroatoms. The largest absolute Gasteiger partial charge is 0.322 e. The van der Waals surface area contributed by atoms with E-state index in [-0.39, 0.29) is 17.5 Å². The van der Waals surface area contributed by atoms with Crippen LogP contribution in [0, 0.1) is 21.4 Å². The molecule has 3 rings (SSSR count). The normalized spacial score (nSPS) is 10.8. The average Bonchev–Trinajstić information content (AvgIpc) is 2.79. The molecule has 1 amide bonds. The maximum absolute atomic E-state index is 12.7. The van der Waals surface area contributed by atoms with Gasteiger partial charge < -0.3 is 10.2 Å². The van der Waals surface area contributed by atoms with Crippen molar-refractivity contribution in [2.45, 2.75) is 19.3 Å². The van der Waals surface area contributed by atoms with E-state index in [2.05, 4.69) is 21.4 Å². The second-order valence-electron chi connectivity index (χ2n) is 7.38. The van der Waals surface area contributed by atoms with Crippen LogP contribution in [0.5, 0.6) is 0 Å². The number of anilines is 3. The van der Waals surface area contributed by atoms with Crippen LogP contribution in [0.1, 0.15) is 29.8 Å². The maximum atomic E-state index is 12.7. The van der Waals surface area contributed by atoms with Gasteiger partial charge in [-0.2, -0.15) is 5.26 Å². The molecule has 0 aliphatic rings. The van der Waals surface area contributed by atoms with Gasteiger partial charge in [0.05, 0.1) is 16.4 Å². The smallest absolute Gasteiger partial charge is 0.305 e. The Morgan fingerprint density at radius 3 is 2.48 bits per heavy atom. The van der Waals surface area contributed by atoms with Gasteiger partial charge in [-0.1, -0.05) is 18.2 Å². The zero-order valence-corrected chi connectivity index (χ0v) is 17.2. The van der Waals surface area contributed by atoms with Crippen molar-refractivity contribution in [3.05, 3.63) is 82.2 Å². The number of aromatic nitrogens is 2. The number of amides is 1. The third-order valence-corrected chi connectivity index (χ3v) is 4.75. The van der Waals surface area contributed by atoms with Crippen LogP contribution in [0.4, 0.5) is 23.0 Å². The number of rotatable bonds is 6. The van der Waals surface area contributed by atoms with Gasteiger partial charge in [-0.3, -0.25) is 14.9 Å². The number of hydrogen-bond donors (Lipinski definition) is 1. The molecule has 0 spiro atoms.